The van der Waals surface area contributed by atoms with Crippen LogP contribution in [0.5, 0.6) is 0 Å². The van der Waals surface area contributed by atoms with E-state index in [-0.39, 0.29) is 0 Å². The Morgan fingerprint density at radius 1 is 1.88 bits per heavy atom. The first-order chi connectivity index (χ1) is 3.77. The van der Waals surface area contributed by atoms with E-state index in [0.29, 0.717) is 6.61 Å². The lowest BCUT2D eigenvalue weighted by Crippen LogP contribution is -1.87. The van der Waals surface area contributed by atoms with Gasteiger partial charge in [-0.25, -0.2) is 0 Å². The fourth-order valence-electron chi connectivity index (χ4n) is 0.212. The molecule has 5 heteroatoms. The van der Waals surface area contributed by atoms with Crippen molar-refractivity contribution >= 4 is 20.0 Å². The van der Waals surface area contributed by atoms with Crippen molar-refractivity contribution in [2.45, 2.75) is 0 Å². The molecule has 0 saturated carbocycles. The van der Waals surface area contributed by atoms with Crippen LogP contribution in [-0.4, -0.2) is 23.5 Å². The molecular weight excluding hydrogens is 147 g/mol. The van der Waals surface area contributed by atoms with E-state index in [0.717, 1.165) is 5.75 Å². The summed E-state index contributed by atoms with van der Waals surface area (Å²) < 4.78 is 14.2. The van der Waals surface area contributed by atoms with Crippen molar-refractivity contribution in [1.82, 2.24) is 0 Å². The molecule has 0 aliphatic heterocycles. The molecule has 0 aromatic rings. The third-order valence-electron chi connectivity index (χ3n) is 0.513. The van der Waals surface area contributed by atoms with Gasteiger partial charge < -0.3 is 9.42 Å². The molecule has 50 valence electrons. The zero-order valence-corrected chi connectivity index (χ0v) is 6.40. The first-order valence-electron chi connectivity index (χ1n) is 2.12. The van der Waals surface area contributed by atoms with Gasteiger partial charge in [0.15, 0.2) is 0 Å². The molecule has 0 spiro atoms. The van der Waals surface area contributed by atoms with Crippen molar-refractivity contribution in [3.63, 3.8) is 0 Å². The summed E-state index contributed by atoms with van der Waals surface area (Å²) in [5, 5.41) is 0. The Balaban J connectivity index is 2.82. The first kappa shape index (κ1) is 8.50. The number of hydrogen-bond acceptors (Lipinski definition) is 3. The van der Waals surface area contributed by atoms with Gasteiger partial charge in [0, 0.05) is 5.75 Å². The summed E-state index contributed by atoms with van der Waals surface area (Å²) in [5.41, 5.74) is 0. The summed E-state index contributed by atoms with van der Waals surface area (Å²) in [6.07, 6.45) is 1.91. The smallest absolute Gasteiger partial charge is 0.316 e. The summed E-state index contributed by atoms with van der Waals surface area (Å²) in [5.74, 6) is 0.775. The molecule has 0 heterocycles. The van der Waals surface area contributed by atoms with Crippen molar-refractivity contribution in [3.05, 3.63) is 0 Å². The van der Waals surface area contributed by atoms with E-state index < -0.39 is 8.25 Å². The Kier molecular flexibility index (Phi) is 5.99. The molecule has 1 N–H and O–H groups in total. The van der Waals surface area contributed by atoms with E-state index in [1.54, 1.807) is 11.8 Å². The summed E-state index contributed by atoms with van der Waals surface area (Å²) in [4.78, 5) is 8.09. The van der Waals surface area contributed by atoms with E-state index in [1.807, 2.05) is 6.26 Å². The highest BCUT2D eigenvalue weighted by molar-refractivity contribution is 7.98. The van der Waals surface area contributed by atoms with E-state index in [9.17, 15) is 4.57 Å². The second-order valence-corrected chi connectivity index (χ2v) is 2.91. The van der Waals surface area contributed by atoms with Crippen LogP contribution in [0.4, 0.5) is 0 Å². The van der Waals surface area contributed by atoms with Gasteiger partial charge in [-0.1, -0.05) is 0 Å². The maximum Gasteiger partial charge on any atom is 0.316 e. The lowest BCUT2D eigenvalue weighted by atomic mass is 10.9. The minimum absolute atomic E-state index is 0.370. The predicted molar refractivity (Wildman–Crippen MR) is 35.6 cm³/mol. The molecule has 0 fully saturated rings. The van der Waals surface area contributed by atoms with Crippen LogP contribution in [0.1, 0.15) is 0 Å². The average Bonchev–Trinajstić information content (AvgIpc) is 1.66. The first-order valence-corrected chi connectivity index (χ1v) is 4.78. The largest absolute Gasteiger partial charge is 0.326 e. The zero-order chi connectivity index (χ0) is 6.41. The summed E-state index contributed by atoms with van der Waals surface area (Å²) >= 11 is 1.58. The fourth-order valence-corrected chi connectivity index (χ4v) is 0.887. The molecule has 0 aromatic carbocycles. The van der Waals surface area contributed by atoms with Crippen molar-refractivity contribution < 1.29 is 14.0 Å². The predicted octanol–water partition coefficient (Wildman–Crippen LogP) is 0.748. The molecule has 1 atom stereocenters. The van der Waals surface area contributed by atoms with Gasteiger partial charge in [0.25, 0.3) is 0 Å². The monoisotopic (exact) mass is 156 g/mol. The molecule has 0 bridgehead atoms. The summed E-state index contributed by atoms with van der Waals surface area (Å²) in [7, 11) is -2.67. The molecule has 0 rings (SSSR count). The molecule has 1 unspecified atom stereocenters. The molecule has 0 saturated heterocycles. The average molecular weight is 156 g/mol. The van der Waals surface area contributed by atoms with Crippen molar-refractivity contribution in [2.24, 2.45) is 0 Å². The second kappa shape index (κ2) is 5.63. The third kappa shape index (κ3) is 6.50. The van der Waals surface area contributed by atoms with Gasteiger partial charge in [-0.05, 0) is 6.26 Å². The Bertz CT molecular complexity index is 76.9. The van der Waals surface area contributed by atoms with Gasteiger partial charge in [-0.3, -0.25) is 4.57 Å². The Labute approximate surface area is 53.4 Å². The minimum Gasteiger partial charge on any atom is -0.326 e. The van der Waals surface area contributed by atoms with Crippen LogP contribution in [0, 0.1) is 0 Å². The lowest BCUT2D eigenvalue weighted by Gasteiger charge is -1.94. The van der Waals surface area contributed by atoms with Crippen LogP contribution in [0.2, 0.25) is 0 Å². The van der Waals surface area contributed by atoms with Gasteiger partial charge in [0.1, 0.15) is 0 Å². The molecule has 8 heavy (non-hydrogen) atoms. The molecular formula is C3H9O3PS. The van der Waals surface area contributed by atoms with Gasteiger partial charge in [0.05, 0.1) is 6.61 Å². The quantitative estimate of drug-likeness (QED) is 0.482. The lowest BCUT2D eigenvalue weighted by molar-refractivity contribution is 0.300. The summed E-state index contributed by atoms with van der Waals surface area (Å²) in [6.45, 7) is 0.370. The molecule has 0 amide bonds. The molecule has 0 aliphatic carbocycles. The van der Waals surface area contributed by atoms with Gasteiger partial charge in [0.2, 0.25) is 0 Å². The van der Waals surface area contributed by atoms with Gasteiger partial charge in [-0.15, -0.1) is 0 Å². The van der Waals surface area contributed by atoms with E-state index in [4.69, 9.17) is 4.89 Å². The maximum absolute atomic E-state index is 9.83. The zero-order valence-electron chi connectivity index (χ0n) is 4.59. The standard InChI is InChI=1S/C3H9O3PS/c1-8-3-2-6-7(4)5/h7H,2-3H2,1H3,(H,4,5). The highest BCUT2D eigenvalue weighted by Crippen LogP contribution is 2.13. The highest BCUT2D eigenvalue weighted by atomic mass is 32.2. The fraction of sp³-hybridized carbons (Fsp3) is 1.00. The third-order valence-corrected chi connectivity index (χ3v) is 1.54. The highest BCUT2D eigenvalue weighted by Gasteiger charge is 1.88. The van der Waals surface area contributed by atoms with E-state index in [2.05, 4.69) is 4.52 Å². The van der Waals surface area contributed by atoms with Crippen LogP contribution in [-0.2, 0) is 9.09 Å². The van der Waals surface area contributed by atoms with Crippen LogP contribution >= 0.6 is 20.0 Å². The number of rotatable bonds is 4. The molecule has 0 aromatic heterocycles. The van der Waals surface area contributed by atoms with E-state index >= 15 is 0 Å². The Morgan fingerprint density at radius 3 is 2.88 bits per heavy atom. The maximum atomic E-state index is 9.83. The van der Waals surface area contributed by atoms with Crippen molar-refractivity contribution in [2.75, 3.05) is 18.6 Å². The topological polar surface area (TPSA) is 46.5 Å². The Morgan fingerprint density at radius 2 is 2.50 bits per heavy atom. The van der Waals surface area contributed by atoms with Gasteiger partial charge in [-0.2, -0.15) is 11.8 Å². The molecule has 0 aliphatic rings. The normalized spacial score (nSPS) is 13.8. The van der Waals surface area contributed by atoms with Gasteiger partial charge >= 0.3 is 8.25 Å². The van der Waals surface area contributed by atoms with Crippen LogP contribution in [0.3, 0.4) is 0 Å². The van der Waals surface area contributed by atoms with Crippen LogP contribution in [0.25, 0.3) is 0 Å². The molecule has 0 radical (unpaired) electrons. The Hall–Kier alpha value is 0.500. The second-order valence-electron chi connectivity index (χ2n) is 1.11. The number of hydrogen-bond donors (Lipinski definition) is 1. The van der Waals surface area contributed by atoms with Crippen molar-refractivity contribution in [1.29, 1.82) is 0 Å². The molecule has 3 nitrogen and oxygen atoms in total. The SMILES string of the molecule is CSCCO[PH](=O)O. The van der Waals surface area contributed by atoms with Crippen LogP contribution in [0.15, 0.2) is 0 Å². The minimum atomic E-state index is -2.67. The van der Waals surface area contributed by atoms with Crippen LogP contribution < -0.4 is 0 Å². The number of thioether (sulfide) groups is 1. The van der Waals surface area contributed by atoms with Crippen molar-refractivity contribution in [3.8, 4) is 0 Å². The summed E-state index contributed by atoms with van der Waals surface area (Å²) in [6, 6.07) is 0. The van der Waals surface area contributed by atoms with E-state index in [1.165, 1.54) is 0 Å².